The zero-order valence-electron chi connectivity index (χ0n) is 19.3. The molecule has 1 saturated heterocycles. The predicted octanol–water partition coefficient (Wildman–Crippen LogP) is 5.72. The summed E-state index contributed by atoms with van der Waals surface area (Å²) in [6.07, 6.45) is -3.00. The van der Waals surface area contributed by atoms with Crippen LogP contribution >= 0.6 is 0 Å². The summed E-state index contributed by atoms with van der Waals surface area (Å²) in [5, 5.41) is 0. The number of ether oxygens (including phenoxy) is 1. The Kier molecular flexibility index (Phi) is 6.05. The minimum atomic E-state index is -4.51. The van der Waals surface area contributed by atoms with E-state index < -0.39 is 11.7 Å². The van der Waals surface area contributed by atoms with Gasteiger partial charge in [0.2, 0.25) is 0 Å². The van der Waals surface area contributed by atoms with Gasteiger partial charge in [-0.15, -0.1) is 0 Å². The maximum Gasteiger partial charge on any atom is 0.416 e. The predicted molar refractivity (Wildman–Crippen MR) is 130 cm³/mol. The summed E-state index contributed by atoms with van der Waals surface area (Å²) in [5.74, 6) is 0.463. The third-order valence-corrected chi connectivity index (χ3v) is 6.77. The first-order valence-electron chi connectivity index (χ1n) is 11.6. The summed E-state index contributed by atoms with van der Waals surface area (Å²) in [4.78, 5) is 16.0. The maximum absolute atomic E-state index is 13.7. The van der Waals surface area contributed by atoms with Crippen LogP contribution in [0.5, 0.6) is 5.75 Å². The first-order chi connectivity index (χ1) is 16.9. The Hall–Kier alpha value is -3.68. The number of piperidine rings is 1. The molecule has 3 aromatic carbocycles. The zero-order valence-corrected chi connectivity index (χ0v) is 19.3. The number of aromatic nitrogens is 2. The van der Waals surface area contributed by atoms with E-state index in [1.807, 2.05) is 30.3 Å². The van der Waals surface area contributed by atoms with E-state index in [-0.39, 0.29) is 23.8 Å². The maximum atomic E-state index is 13.7. The number of hydrogen-bond acceptors (Lipinski definition) is 3. The van der Waals surface area contributed by atoms with E-state index in [1.165, 1.54) is 23.8 Å². The van der Waals surface area contributed by atoms with Gasteiger partial charge in [-0.1, -0.05) is 42.5 Å². The van der Waals surface area contributed by atoms with E-state index in [0.29, 0.717) is 16.8 Å². The van der Waals surface area contributed by atoms with Crippen LogP contribution in [0.3, 0.4) is 0 Å². The average molecular weight is 482 g/mol. The van der Waals surface area contributed by atoms with E-state index in [4.69, 9.17) is 4.74 Å². The van der Waals surface area contributed by atoms with Gasteiger partial charge < -0.3 is 9.64 Å². The Bertz CT molecular complexity index is 1380. The number of rotatable bonds is 5. The van der Waals surface area contributed by atoms with Crippen LogP contribution in [0.4, 0.5) is 18.9 Å². The van der Waals surface area contributed by atoms with Crippen molar-refractivity contribution in [2.75, 3.05) is 25.1 Å². The lowest BCUT2D eigenvalue weighted by Gasteiger charge is -2.34. The Labute approximate surface area is 201 Å². The number of anilines is 1. The van der Waals surface area contributed by atoms with Crippen molar-refractivity contribution in [3.05, 3.63) is 94.4 Å². The normalized spacial score (nSPS) is 15.0. The summed E-state index contributed by atoms with van der Waals surface area (Å²) in [6, 6.07) is 20.9. The minimum absolute atomic E-state index is 0.0472. The first kappa shape index (κ1) is 23.1. The van der Waals surface area contributed by atoms with Crippen molar-refractivity contribution in [3.8, 4) is 5.75 Å². The molecule has 8 heteroatoms. The van der Waals surface area contributed by atoms with E-state index in [0.717, 1.165) is 37.7 Å². The first-order valence-corrected chi connectivity index (χ1v) is 11.6. The second-order valence-corrected chi connectivity index (χ2v) is 8.78. The van der Waals surface area contributed by atoms with Crippen molar-refractivity contribution in [2.24, 2.45) is 0 Å². The van der Waals surface area contributed by atoms with Crippen molar-refractivity contribution >= 4 is 16.7 Å². The molecule has 0 radical (unpaired) electrons. The molecule has 4 aromatic rings. The number of para-hydroxylation sites is 2. The van der Waals surface area contributed by atoms with Gasteiger partial charge in [0.25, 0.3) is 0 Å². The Morgan fingerprint density at radius 2 is 1.60 bits per heavy atom. The Morgan fingerprint density at radius 1 is 0.914 bits per heavy atom. The van der Waals surface area contributed by atoms with Crippen LogP contribution in [-0.2, 0) is 12.7 Å². The zero-order chi connectivity index (χ0) is 24.6. The van der Waals surface area contributed by atoms with E-state index in [2.05, 4.69) is 17.0 Å². The smallest absolute Gasteiger partial charge is 0.416 e. The Balaban J connectivity index is 1.55. The van der Waals surface area contributed by atoms with Gasteiger partial charge in [0.05, 0.1) is 24.7 Å². The van der Waals surface area contributed by atoms with Crippen molar-refractivity contribution in [2.45, 2.75) is 31.6 Å². The van der Waals surface area contributed by atoms with Gasteiger partial charge in [-0.3, -0.25) is 9.13 Å². The van der Waals surface area contributed by atoms with Crippen molar-refractivity contribution in [1.29, 1.82) is 0 Å². The summed E-state index contributed by atoms with van der Waals surface area (Å²) < 4.78 is 49.7. The number of imidazole rings is 1. The Morgan fingerprint density at radius 3 is 2.29 bits per heavy atom. The number of nitrogens with zero attached hydrogens (tertiary/aromatic N) is 3. The van der Waals surface area contributed by atoms with Crippen LogP contribution < -0.4 is 15.3 Å². The standard InChI is InChI=1S/C27H26F3N3O2/c1-35-24-13-7-12-23-25(24)32(18-19-8-5-6-11-22(19)27(28,29)30)26(34)33(23)21-14-16-31(17-15-21)20-9-3-2-4-10-20/h2-13,21H,14-18H2,1H3. The van der Waals surface area contributed by atoms with Crippen LogP contribution in [0.2, 0.25) is 0 Å². The van der Waals surface area contributed by atoms with Gasteiger partial charge in [-0.05, 0) is 48.7 Å². The summed E-state index contributed by atoms with van der Waals surface area (Å²) >= 11 is 0. The second kappa shape index (κ2) is 9.17. The highest BCUT2D eigenvalue weighted by molar-refractivity contribution is 5.83. The minimum Gasteiger partial charge on any atom is -0.494 e. The van der Waals surface area contributed by atoms with E-state index in [9.17, 15) is 18.0 Å². The van der Waals surface area contributed by atoms with Crippen molar-refractivity contribution < 1.29 is 17.9 Å². The molecule has 0 amide bonds. The van der Waals surface area contributed by atoms with Gasteiger partial charge in [-0.2, -0.15) is 13.2 Å². The number of fused-ring (bicyclic) bond motifs is 1. The molecule has 5 nitrogen and oxygen atoms in total. The molecule has 0 bridgehead atoms. The molecule has 0 atom stereocenters. The third kappa shape index (κ3) is 4.29. The molecule has 1 aliphatic rings. The molecule has 0 aliphatic carbocycles. The molecule has 1 aliphatic heterocycles. The van der Waals surface area contributed by atoms with Gasteiger partial charge in [0.1, 0.15) is 11.3 Å². The molecule has 5 rings (SSSR count). The van der Waals surface area contributed by atoms with Crippen LogP contribution in [0, 0.1) is 0 Å². The van der Waals surface area contributed by atoms with Crippen molar-refractivity contribution in [3.63, 3.8) is 0 Å². The summed E-state index contributed by atoms with van der Waals surface area (Å²) in [6.45, 7) is 1.38. The molecule has 1 aromatic heterocycles. The molecule has 2 heterocycles. The molecule has 0 unspecified atom stereocenters. The van der Waals surface area contributed by atoms with Crippen LogP contribution in [0.25, 0.3) is 11.0 Å². The molecule has 1 fully saturated rings. The quantitative estimate of drug-likeness (QED) is 0.366. The number of benzene rings is 3. The third-order valence-electron chi connectivity index (χ3n) is 6.77. The van der Waals surface area contributed by atoms with Gasteiger partial charge in [0, 0.05) is 24.8 Å². The molecule has 35 heavy (non-hydrogen) atoms. The molecule has 182 valence electrons. The molecule has 0 N–H and O–H groups in total. The molecular formula is C27H26F3N3O2. The van der Waals surface area contributed by atoms with Crippen LogP contribution in [0.15, 0.2) is 77.6 Å². The van der Waals surface area contributed by atoms with Crippen LogP contribution in [-0.4, -0.2) is 29.3 Å². The number of hydrogen-bond donors (Lipinski definition) is 0. The van der Waals surface area contributed by atoms with Gasteiger partial charge >= 0.3 is 11.9 Å². The highest BCUT2D eigenvalue weighted by Crippen LogP contribution is 2.35. The fourth-order valence-corrected chi connectivity index (χ4v) is 5.10. The topological polar surface area (TPSA) is 39.4 Å². The largest absolute Gasteiger partial charge is 0.494 e. The second-order valence-electron chi connectivity index (χ2n) is 8.78. The lowest BCUT2D eigenvalue weighted by atomic mass is 10.0. The average Bonchev–Trinajstić information content (AvgIpc) is 3.15. The highest BCUT2D eigenvalue weighted by atomic mass is 19.4. The summed E-state index contributed by atoms with van der Waals surface area (Å²) in [5.41, 5.74) is 1.33. The summed E-state index contributed by atoms with van der Waals surface area (Å²) in [7, 11) is 1.50. The van der Waals surface area contributed by atoms with Gasteiger partial charge in [-0.25, -0.2) is 4.79 Å². The van der Waals surface area contributed by atoms with Crippen LogP contribution in [0.1, 0.15) is 30.0 Å². The number of halogens is 3. The fraction of sp³-hybridized carbons (Fsp3) is 0.296. The number of alkyl halides is 3. The lowest BCUT2D eigenvalue weighted by Crippen LogP contribution is -2.38. The fourth-order valence-electron chi connectivity index (χ4n) is 5.10. The van der Waals surface area contributed by atoms with Crippen molar-refractivity contribution in [1.82, 2.24) is 9.13 Å². The van der Waals surface area contributed by atoms with Gasteiger partial charge in [0.15, 0.2) is 0 Å². The molecular weight excluding hydrogens is 455 g/mol. The molecule has 0 saturated carbocycles. The van der Waals surface area contributed by atoms with E-state index in [1.54, 1.807) is 16.7 Å². The molecule has 0 spiro atoms. The lowest BCUT2D eigenvalue weighted by molar-refractivity contribution is -0.138. The number of methoxy groups -OCH3 is 1. The monoisotopic (exact) mass is 481 g/mol. The van der Waals surface area contributed by atoms with E-state index >= 15 is 0 Å². The highest BCUT2D eigenvalue weighted by Gasteiger charge is 2.34. The SMILES string of the molecule is COc1cccc2c1n(Cc1ccccc1C(F)(F)F)c(=O)n2C1CCN(c2ccccc2)CC1.